The maximum absolute atomic E-state index is 13.2. The van der Waals surface area contributed by atoms with Crippen LogP contribution < -0.4 is 15.4 Å². The molecular weight excluding hydrogens is 465 g/mol. The molecule has 3 rings (SSSR count). The zero-order valence-electron chi connectivity index (χ0n) is 17.3. The molecule has 0 aliphatic carbocycles. The standard InChI is InChI=1S/C23H27BrFN3O3/c24-20-9-1-2-10-21(20)31-13-5-11-22(29)28-12-4-6-17(16-28)15-26-23(30)27-19-8-3-7-18(25)14-19/h1-3,7-10,14,17H,4-6,11-13,15-16H2,(H2,26,27,30). The summed E-state index contributed by atoms with van der Waals surface area (Å²) in [6.45, 7) is 2.32. The Bertz CT molecular complexity index is 896. The Morgan fingerprint density at radius 3 is 2.84 bits per heavy atom. The normalized spacial score (nSPS) is 15.9. The molecule has 8 heteroatoms. The molecule has 2 aromatic rings. The summed E-state index contributed by atoms with van der Waals surface area (Å²) in [4.78, 5) is 26.5. The number of rotatable bonds is 8. The van der Waals surface area contributed by atoms with E-state index in [1.165, 1.54) is 12.1 Å². The first-order chi connectivity index (χ1) is 15.0. The molecular formula is C23H27BrFN3O3. The number of benzene rings is 2. The molecule has 1 heterocycles. The van der Waals surface area contributed by atoms with Gasteiger partial charge in [-0.2, -0.15) is 0 Å². The zero-order valence-corrected chi connectivity index (χ0v) is 18.9. The van der Waals surface area contributed by atoms with Crippen molar-refractivity contribution < 1.29 is 18.7 Å². The van der Waals surface area contributed by atoms with E-state index in [2.05, 4.69) is 26.6 Å². The third-order valence-electron chi connectivity index (χ3n) is 5.13. The molecule has 0 spiro atoms. The highest BCUT2D eigenvalue weighted by molar-refractivity contribution is 9.10. The minimum atomic E-state index is -0.402. The molecule has 2 aromatic carbocycles. The first-order valence-electron chi connectivity index (χ1n) is 10.5. The number of nitrogens with one attached hydrogen (secondary N) is 2. The predicted molar refractivity (Wildman–Crippen MR) is 122 cm³/mol. The highest BCUT2D eigenvalue weighted by atomic mass is 79.9. The molecule has 1 atom stereocenters. The Balaban J connectivity index is 1.35. The van der Waals surface area contributed by atoms with Crippen molar-refractivity contribution in [1.82, 2.24) is 10.2 Å². The van der Waals surface area contributed by atoms with Crippen LogP contribution in [0.5, 0.6) is 5.75 Å². The molecule has 1 fully saturated rings. The summed E-state index contributed by atoms with van der Waals surface area (Å²) in [7, 11) is 0. The Morgan fingerprint density at radius 2 is 2.03 bits per heavy atom. The van der Waals surface area contributed by atoms with Gasteiger partial charge in [-0.1, -0.05) is 18.2 Å². The number of carbonyl (C=O) groups excluding carboxylic acids is 2. The van der Waals surface area contributed by atoms with E-state index >= 15 is 0 Å². The number of urea groups is 1. The van der Waals surface area contributed by atoms with Gasteiger partial charge in [0.1, 0.15) is 11.6 Å². The fraction of sp³-hybridized carbons (Fsp3) is 0.391. The van der Waals surface area contributed by atoms with Crippen LogP contribution in [0.25, 0.3) is 0 Å². The number of anilines is 1. The highest BCUT2D eigenvalue weighted by Crippen LogP contribution is 2.24. The van der Waals surface area contributed by atoms with Crippen molar-refractivity contribution in [2.75, 3.05) is 31.6 Å². The monoisotopic (exact) mass is 491 g/mol. The highest BCUT2D eigenvalue weighted by Gasteiger charge is 2.23. The van der Waals surface area contributed by atoms with Crippen molar-refractivity contribution in [1.29, 1.82) is 0 Å². The van der Waals surface area contributed by atoms with E-state index in [0.29, 0.717) is 38.2 Å². The van der Waals surface area contributed by atoms with E-state index in [-0.39, 0.29) is 17.9 Å². The number of ether oxygens (including phenoxy) is 1. The smallest absolute Gasteiger partial charge is 0.319 e. The van der Waals surface area contributed by atoms with Gasteiger partial charge >= 0.3 is 6.03 Å². The molecule has 1 unspecified atom stereocenters. The number of amides is 3. The molecule has 6 nitrogen and oxygen atoms in total. The van der Waals surface area contributed by atoms with E-state index in [9.17, 15) is 14.0 Å². The molecule has 0 aromatic heterocycles. The van der Waals surface area contributed by atoms with Crippen LogP contribution in [0.2, 0.25) is 0 Å². The number of hydrogen-bond donors (Lipinski definition) is 2. The second kappa shape index (κ2) is 11.7. The summed E-state index contributed by atoms with van der Waals surface area (Å²) >= 11 is 3.44. The van der Waals surface area contributed by atoms with Gasteiger partial charge in [-0.3, -0.25) is 4.79 Å². The van der Waals surface area contributed by atoms with E-state index < -0.39 is 5.82 Å². The first kappa shape index (κ1) is 23.1. The quantitative estimate of drug-likeness (QED) is 0.520. The van der Waals surface area contributed by atoms with Crippen molar-refractivity contribution in [3.05, 3.63) is 58.8 Å². The number of piperidine rings is 1. The molecule has 1 saturated heterocycles. The Labute approximate surface area is 190 Å². The van der Waals surface area contributed by atoms with Crippen molar-refractivity contribution in [2.45, 2.75) is 25.7 Å². The fourth-order valence-corrected chi connectivity index (χ4v) is 3.96. The van der Waals surface area contributed by atoms with Crippen LogP contribution in [-0.4, -0.2) is 43.1 Å². The van der Waals surface area contributed by atoms with E-state index in [4.69, 9.17) is 4.74 Å². The molecule has 1 aliphatic heterocycles. The van der Waals surface area contributed by atoms with E-state index in [1.54, 1.807) is 12.1 Å². The Hall–Kier alpha value is -2.61. The van der Waals surface area contributed by atoms with Crippen molar-refractivity contribution >= 4 is 33.6 Å². The van der Waals surface area contributed by atoms with Gasteiger partial charge in [0.05, 0.1) is 11.1 Å². The largest absolute Gasteiger partial charge is 0.492 e. The number of hydrogen-bond acceptors (Lipinski definition) is 3. The Kier molecular flexibility index (Phi) is 8.70. The van der Waals surface area contributed by atoms with E-state index in [1.807, 2.05) is 29.2 Å². The number of nitrogens with zero attached hydrogens (tertiary/aromatic N) is 1. The van der Waals surface area contributed by atoms with Gasteiger partial charge in [0.15, 0.2) is 0 Å². The predicted octanol–water partition coefficient (Wildman–Crippen LogP) is 4.81. The summed E-state index contributed by atoms with van der Waals surface area (Å²) in [6, 6.07) is 13.0. The van der Waals surface area contributed by atoms with Gasteiger partial charge in [-0.15, -0.1) is 0 Å². The molecule has 0 saturated carbocycles. The molecule has 1 aliphatic rings. The fourth-order valence-electron chi connectivity index (χ4n) is 3.56. The average molecular weight is 492 g/mol. The minimum absolute atomic E-state index is 0.115. The summed E-state index contributed by atoms with van der Waals surface area (Å²) < 4.78 is 19.8. The van der Waals surface area contributed by atoms with Gasteiger partial charge < -0.3 is 20.3 Å². The van der Waals surface area contributed by atoms with Crippen LogP contribution in [0.4, 0.5) is 14.9 Å². The van der Waals surface area contributed by atoms with Crippen LogP contribution in [-0.2, 0) is 4.79 Å². The maximum atomic E-state index is 13.2. The average Bonchev–Trinajstić information content (AvgIpc) is 2.76. The molecule has 2 N–H and O–H groups in total. The van der Waals surface area contributed by atoms with Crippen LogP contribution >= 0.6 is 15.9 Å². The second-order valence-corrected chi connectivity index (χ2v) is 8.43. The van der Waals surface area contributed by atoms with Crippen LogP contribution in [0.1, 0.15) is 25.7 Å². The second-order valence-electron chi connectivity index (χ2n) is 7.58. The molecule has 31 heavy (non-hydrogen) atoms. The maximum Gasteiger partial charge on any atom is 0.319 e. The molecule has 3 amide bonds. The summed E-state index contributed by atoms with van der Waals surface area (Å²) in [5.74, 6) is 0.689. The van der Waals surface area contributed by atoms with Gasteiger partial charge in [-0.05, 0) is 71.4 Å². The summed E-state index contributed by atoms with van der Waals surface area (Å²) in [5, 5.41) is 5.44. The summed E-state index contributed by atoms with van der Waals surface area (Å²) in [5.41, 5.74) is 0.405. The third kappa shape index (κ3) is 7.54. The van der Waals surface area contributed by atoms with Crippen molar-refractivity contribution in [3.8, 4) is 5.75 Å². The van der Waals surface area contributed by atoms with Crippen LogP contribution in [0.3, 0.4) is 0 Å². The lowest BCUT2D eigenvalue weighted by molar-refractivity contribution is -0.133. The van der Waals surface area contributed by atoms with Gasteiger partial charge in [0.25, 0.3) is 0 Å². The molecule has 0 bridgehead atoms. The molecule has 166 valence electrons. The lowest BCUT2D eigenvalue weighted by atomic mass is 9.97. The topological polar surface area (TPSA) is 70.7 Å². The van der Waals surface area contributed by atoms with E-state index in [0.717, 1.165) is 29.6 Å². The van der Waals surface area contributed by atoms with Gasteiger partial charge in [0, 0.05) is 31.7 Å². The SMILES string of the molecule is O=C(NCC1CCCN(C(=O)CCCOc2ccccc2Br)C1)Nc1cccc(F)c1. The number of carbonyl (C=O) groups is 2. The van der Waals surface area contributed by atoms with Crippen LogP contribution in [0, 0.1) is 11.7 Å². The Morgan fingerprint density at radius 1 is 1.19 bits per heavy atom. The summed E-state index contributed by atoms with van der Waals surface area (Å²) in [6.07, 6.45) is 2.95. The first-order valence-corrected chi connectivity index (χ1v) is 11.3. The van der Waals surface area contributed by atoms with Gasteiger partial charge in [-0.25, -0.2) is 9.18 Å². The van der Waals surface area contributed by atoms with Crippen molar-refractivity contribution in [2.24, 2.45) is 5.92 Å². The number of likely N-dealkylation sites (tertiary alicyclic amines) is 1. The van der Waals surface area contributed by atoms with Crippen molar-refractivity contribution in [3.63, 3.8) is 0 Å². The lowest BCUT2D eigenvalue weighted by Gasteiger charge is -2.33. The minimum Gasteiger partial charge on any atom is -0.492 e. The van der Waals surface area contributed by atoms with Gasteiger partial charge in [0.2, 0.25) is 5.91 Å². The number of halogens is 2. The zero-order chi connectivity index (χ0) is 22.1. The van der Waals surface area contributed by atoms with Crippen LogP contribution in [0.15, 0.2) is 53.0 Å². The number of para-hydroxylation sites is 1. The lowest BCUT2D eigenvalue weighted by Crippen LogP contribution is -2.44. The molecule has 0 radical (unpaired) electrons. The third-order valence-corrected chi connectivity index (χ3v) is 5.79.